The van der Waals surface area contributed by atoms with Gasteiger partial charge < -0.3 is 35.9 Å². The number of esters is 1. The number of aliphatic hydroxyl groups is 2. The zero-order valence-electron chi connectivity index (χ0n) is 28.0. The average molecular weight is 664 g/mol. The minimum atomic E-state index is -1.60. The number of nitrogens with one attached hydrogen (secondary N) is 4. The van der Waals surface area contributed by atoms with Gasteiger partial charge in [0.2, 0.25) is 17.7 Å². The number of hydrogen-bond donors (Lipinski definition) is 6. The number of H-pyrrole nitrogens is 1. The minimum absolute atomic E-state index is 0.00983. The molecule has 4 rings (SSSR count). The number of aliphatic hydroxyl groups excluding tert-OH is 2. The van der Waals surface area contributed by atoms with E-state index in [2.05, 4.69) is 25.9 Å². The van der Waals surface area contributed by atoms with Crippen LogP contribution in [-0.4, -0.2) is 80.8 Å². The quantitative estimate of drug-likeness (QED) is 0.0999. The van der Waals surface area contributed by atoms with E-state index in [4.69, 9.17) is 4.74 Å². The monoisotopic (exact) mass is 663 g/mol. The van der Waals surface area contributed by atoms with Gasteiger partial charge in [0.05, 0.1) is 25.1 Å². The van der Waals surface area contributed by atoms with Gasteiger partial charge in [-0.1, -0.05) is 74.6 Å². The van der Waals surface area contributed by atoms with Crippen LogP contribution in [0.15, 0.2) is 55.0 Å². The molecule has 2 aromatic carbocycles. The van der Waals surface area contributed by atoms with E-state index in [1.54, 1.807) is 20.8 Å². The van der Waals surface area contributed by atoms with Crippen LogP contribution in [0.2, 0.25) is 0 Å². The van der Waals surface area contributed by atoms with E-state index in [0.29, 0.717) is 12.1 Å². The summed E-state index contributed by atoms with van der Waals surface area (Å²) in [6, 6.07) is 10.6. The number of hydrogen-bond acceptors (Lipinski definition) is 8. The Bertz CT molecular complexity index is 1500. The summed E-state index contributed by atoms with van der Waals surface area (Å²) >= 11 is 0. The van der Waals surface area contributed by atoms with Gasteiger partial charge in [-0.2, -0.15) is 0 Å². The fraction of sp³-hybridized carbons (Fsp3) is 0.528. The van der Waals surface area contributed by atoms with Crippen LogP contribution in [0.4, 0.5) is 0 Å². The van der Waals surface area contributed by atoms with Gasteiger partial charge in [-0.3, -0.25) is 14.4 Å². The van der Waals surface area contributed by atoms with Crippen LogP contribution in [0.5, 0.6) is 0 Å². The first-order chi connectivity index (χ1) is 23.0. The zero-order chi connectivity index (χ0) is 34.6. The van der Waals surface area contributed by atoms with Crippen molar-refractivity contribution in [3.8, 4) is 0 Å². The zero-order valence-corrected chi connectivity index (χ0v) is 28.0. The Morgan fingerprint density at radius 3 is 2.31 bits per heavy atom. The molecule has 1 saturated carbocycles. The van der Waals surface area contributed by atoms with Gasteiger partial charge in [0.15, 0.2) is 6.10 Å². The third-order valence-corrected chi connectivity index (χ3v) is 8.83. The van der Waals surface area contributed by atoms with E-state index in [9.17, 15) is 29.4 Å². The number of amides is 3. The lowest BCUT2D eigenvalue weighted by atomic mass is 9.83. The molecule has 48 heavy (non-hydrogen) atoms. The fourth-order valence-corrected chi connectivity index (χ4v) is 6.28. The van der Waals surface area contributed by atoms with Crippen molar-refractivity contribution in [3.63, 3.8) is 0 Å². The molecule has 0 spiro atoms. The molecule has 5 atom stereocenters. The van der Waals surface area contributed by atoms with Crippen LogP contribution in [0.25, 0.3) is 10.8 Å². The molecule has 6 N–H and O–H groups in total. The number of aromatic amines is 1. The minimum Gasteiger partial charge on any atom is -0.461 e. The number of carbonyl (C=O) groups is 4. The van der Waals surface area contributed by atoms with Crippen LogP contribution >= 0.6 is 0 Å². The van der Waals surface area contributed by atoms with Crippen LogP contribution in [-0.2, 0) is 36.8 Å². The summed E-state index contributed by atoms with van der Waals surface area (Å²) in [5.41, 5.74) is 1.33. The maximum Gasteiger partial charge on any atom is 0.337 e. The lowest BCUT2D eigenvalue weighted by Crippen LogP contribution is -2.57. The number of aromatic nitrogens is 2. The molecule has 3 amide bonds. The average Bonchev–Trinajstić information content (AvgIpc) is 3.59. The predicted octanol–water partition coefficient (Wildman–Crippen LogP) is 2.71. The molecule has 1 aromatic heterocycles. The lowest BCUT2D eigenvalue weighted by Gasteiger charge is -2.31. The lowest BCUT2D eigenvalue weighted by molar-refractivity contribution is -0.159. The fourth-order valence-electron chi connectivity index (χ4n) is 6.28. The topological polar surface area (TPSA) is 183 Å². The van der Waals surface area contributed by atoms with Crippen molar-refractivity contribution in [2.75, 3.05) is 6.61 Å². The van der Waals surface area contributed by atoms with Crippen molar-refractivity contribution in [3.05, 3.63) is 66.2 Å². The Morgan fingerprint density at radius 1 is 0.917 bits per heavy atom. The second kappa shape index (κ2) is 17.7. The Kier molecular flexibility index (Phi) is 13.5. The highest BCUT2D eigenvalue weighted by atomic mass is 16.6. The van der Waals surface area contributed by atoms with Crippen molar-refractivity contribution >= 4 is 34.5 Å². The SMILES string of the molecule is CC(CO)NC(=O)C(Cc1cccc2ccccc12)C(=O)N[C@@H](Cc1cnc[nH]1)C(=O)N[C@@H](CC1CCCCC1)C(O)C(=O)OC(C)C. The number of ether oxygens (including phenoxy) is 1. The molecule has 3 unspecified atom stereocenters. The molecule has 0 radical (unpaired) electrons. The summed E-state index contributed by atoms with van der Waals surface area (Å²) in [7, 11) is 0. The summed E-state index contributed by atoms with van der Waals surface area (Å²) in [5.74, 6) is -3.77. The smallest absolute Gasteiger partial charge is 0.337 e. The Labute approximate surface area is 281 Å². The molecule has 1 heterocycles. The number of nitrogens with zero attached hydrogens (tertiary/aromatic N) is 1. The highest BCUT2D eigenvalue weighted by Gasteiger charge is 2.36. The van der Waals surface area contributed by atoms with Gasteiger partial charge in [0.1, 0.15) is 12.0 Å². The molecule has 0 aliphatic heterocycles. The summed E-state index contributed by atoms with van der Waals surface area (Å²) in [5, 5.41) is 30.8. The first-order valence-electron chi connectivity index (χ1n) is 16.9. The predicted molar refractivity (Wildman–Crippen MR) is 180 cm³/mol. The molecule has 0 saturated heterocycles. The molecule has 1 aliphatic carbocycles. The number of imidazole rings is 1. The number of fused-ring (bicyclic) bond motifs is 1. The second-order valence-corrected chi connectivity index (χ2v) is 13.1. The molecule has 12 heteroatoms. The largest absolute Gasteiger partial charge is 0.461 e. The third-order valence-electron chi connectivity index (χ3n) is 8.83. The summed E-state index contributed by atoms with van der Waals surface area (Å²) in [6.45, 7) is 4.67. The van der Waals surface area contributed by atoms with Crippen molar-refractivity contribution in [1.29, 1.82) is 0 Å². The van der Waals surface area contributed by atoms with E-state index < -0.39 is 59.9 Å². The Hall–Kier alpha value is -4.29. The molecular formula is C36H49N5O7. The normalized spacial score (nSPS) is 16.8. The summed E-state index contributed by atoms with van der Waals surface area (Å²) in [6.07, 6.45) is 6.38. The highest BCUT2D eigenvalue weighted by Crippen LogP contribution is 2.28. The molecule has 260 valence electrons. The molecule has 1 aliphatic rings. The maximum atomic E-state index is 14.0. The van der Waals surface area contributed by atoms with E-state index in [1.807, 2.05) is 42.5 Å². The maximum absolute atomic E-state index is 14.0. The summed E-state index contributed by atoms with van der Waals surface area (Å²) in [4.78, 5) is 61.3. The van der Waals surface area contributed by atoms with Crippen molar-refractivity contribution < 1.29 is 34.1 Å². The van der Waals surface area contributed by atoms with Gasteiger partial charge in [-0.25, -0.2) is 9.78 Å². The Morgan fingerprint density at radius 2 is 1.62 bits per heavy atom. The van der Waals surface area contributed by atoms with Crippen molar-refractivity contribution in [1.82, 2.24) is 25.9 Å². The van der Waals surface area contributed by atoms with Gasteiger partial charge in [0.25, 0.3) is 0 Å². The number of benzene rings is 2. The van der Waals surface area contributed by atoms with Gasteiger partial charge >= 0.3 is 5.97 Å². The van der Waals surface area contributed by atoms with E-state index in [-0.39, 0.29) is 25.4 Å². The number of carbonyl (C=O) groups excluding carboxylic acids is 4. The number of rotatable bonds is 16. The Balaban J connectivity index is 1.61. The van der Waals surface area contributed by atoms with Gasteiger partial charge in [-0.15, -0.1) is 0 Å². The standard InChI is InChI=1S/C36H49N5O7/c1-22(2)48-36(47)32(43)30(16-24-10-5-4-6-11-24)40-35(46)31(18-27-19-37-21-38-27)41-34(45)29(33(44)39-23(3)20-42)17-26-14-9-13-25-12-7-8-15-28(25)26/h7-9,12-15,19,21-24,29-32,42-43H,4-6,10-11,16-18,20H2,1-3H3,(H,37,38)(H,39,44)(H,40,46)(H,41,45)/t23?,29?,30-,31-,32?/m0/s1. The first kappa shape index (κ1) is 36.5. The highest BCUT2D eigenvalue weighted by molar-refractivity contribution is 6.02. The first-order valence-corrected chi connectivity index (χ1v) is 16.9. The van der Waals surface area contributed by atoms with Gasteiger partial charge in [0, 0.05) is 24.4 Å². The van der Waals surface area contributed by atoms with Crippen LogP contribution < -0.4 is 16.0 Å². The molecule has 3 aromatic rings. The van der Waals surface area contributed by atoms with E-state index in [1.165, 1.54) is 12.5 Å². The molecule has 0 bridgehead atoms. The van der Waals surface area contributed by atoms with Crippen molar-refractivity contribution in [2.24, 2.45) is 11.8 Å². The van der Waals surface area contributed by atoms with Crippen LogP contribution in [0.1, 0.15) is 70.6 Å². The van der Waals surface area contributed by atoms with E-state index in [0.717, 1.165) is 48.4 Å². The van der Waals surface area contributed by atoms with E-state index >= 15 is 0 Å². The molecule has 12 nitrogen and oxygen atoms in total. The molecule has 1 fully saturated rings. The van der Waals surface area contributed by atoms with Crippen LogP contribution in [0.3, 0.4) is 0 Å². The van der Waals surface area contributed by atoms with Crippen LogP contribution in [0, 0.1) is 11.8 Å². The molecular weight excluding hydrogens is 614 g/mol. The summed E-state index contributed by atoms with van der Waals surface area (Å²) < 4.78 is 5.27. The second-order valence-electron chi connectivity index (χ2n) is 13.1. The van der Waals surface area contributed by atoms with Crippen molar-refractivity contribution in [2.45, 2.75) is 102 Å². The third kappa shape index (κ3) is 10.4. The van der Waals surface area contributed by atoms with Gasteiger partial charge in [-0.05, 0) is 55.9 Å².